The summed E-state index contributed by atoms with van der Waals surface area (Å²) >= 11 is 5.68. The Bertz CT molecular complexity index is 442. The molecule has 1 N–H and O–H groups in total. The molecular weight excluding hydrogens is 236 g/mol. The maximum atomic E-state index is 11.2. The van der Waals surface area contributed by atoms with Gasteiger partial charge in [0.15, 0.2) is 14.5 Å². The normalized spacial score (nSPS) is 16.0. The molecule has 0 aromatic heterocycles. The topological polar surface area (TPSA) is 54.4 Å². The molecule has 2 unspecified atom stereocenters. The van der Waals surface area contributed by atoms with Gasteiger partial charge in [-0.05, 0) is 18.1 Å². The maximum Gasteiger partial charge on any atom is 0.167 e. The van der Waals surface area contributed by atoms with Crippen LogP contribution in [0.4, 0.5) is 0 Å². The second-order valence-electron chi connectivity index (χ2n) is 3.48. The van der Waals surface area contributed by atoms with Crippen molar-refractivity contribution in [3.8, 4) is 0 Å². The summed E-state index contributed by atoms with van der Waals surface area (Å²) in [7, 11) is -3.45. The van der Waals surface area contributed by atoms with Crippen LogP contribution in [-0.4, -0.2) is 24.5 Å². The van der Waals surface area contributed by atoms with E-state index in [9.17, 15) is 13.5 Å². The van der Waals surface area contributed by atoms with Crippen LogP contribution in [0, 0.1) is 6.92 Å². The fourth-order valence-electron chi connectivity index (χ4n) is 1.29. The van der Waals surface area contributed by atoms with E-state index >= 15 is 0 Å². The Kier molecular flexibility index (Phi) is 3.76. The van der Waals surface area contributed by atoms with Crippen LogP contribution in [-0.2, 0) is 9.84 Å². The Morgan fingerprint density at radius 2 is 1.87 bits per heavy atom. The van der Waals surface area contributed by atoms with E-state index in [1.807, 2.05) is 6.07 Å². The minimum absolute atomic E-state index is 0.544. The molecule has 84 valence electrons. The van der Waals surface area contributed by atoms with Crippen molar-refractivity contribution in [3.63, 3.8) is 0 Å². The number of halogens is 1. The number of aliphatic hydroxyl groups is 1. The molecule has 0 saturated carbocycles. The van der Waals surface area contributed by atoms with Crippen LogP contribution in [0.2, 0.25) is 0 Å². The molecule has 1 aromatic carbocycles. The summed E-state index contributed by atoms with van der Waals surface area (Å²) in [5.74, 6) is 0. The van der Waals surface area contributed by atoms with E-state index in [0.29, 0.717) is 5.56 Å². The zero-order valence-electron chi connectivity index (χ0n) is 8.51. The summed E-state index contributed by atoms with van der Waals surface area (Å²) in [5.41, 5.74) is 1.36. The second kappa shape index (κ2) is 4.51. The van der Waals surface area contributed by atoms with Crippen molar-refractivity contribution in [1.29, 1.82) is 0 Å². The van der Waals surface area contributed by atoms with Gasteiger partial charge in [0, 0.05) is 6.26 Å². The monoisotopic (exact) mass is 248 g/mol. The third kappa shape index (κ3) is 2.93. The minimum Gasteiger partial charge on any atom is -0.386 e. The average molecular weight is 249 g/mol. The molecule has 15 heavy (non-hydrogen) atoms. The largest absolute Gasteiger partial charge is 0.386 e. The zero-order chi connectivity index (χ0) is 11.6. The van der Waals surface area contributed by atoms with Crippen molar-refractivity contribution in [1.82, 2.24) is 0 Å². The number of aryl methyl sites for hydroxylation is 1. The van der Waals surface area contributed by atoms with E-state index in [2.05, 4.69) is 0 Å². The molecule has 0 aliphatic carbocycles. The molecule has 0 aliphatic rings. The van der Waals surface area contributed by atoms with Gasteiger partial charge in [-0.3, -0.25) is 0 Å². The highest BCUT2D eigenvalue weighted by Gasteiger charge is 2.28. The van der Waals surface area contributed by atoms with E-state index in [1.54, 1.807) is 25.1 Å². The SMILES string of the molecule is Cc1ccccc1C(O)C(Cl)S(C)(=O)=O. The predicted octanol–water partition coefficient (Wildman–Crippen LogP) is 1.64. The first kappa shape index (κ1) is 12.5. The zero-order valence-corrected chi connectivity index (χ0v) is 10.1. The average Bonchev–Trinajstić information content (AvgIpc) is 2.15. The molecular formula is C10H13ClO3S. The number of benzene rings is 1. The van der Waals surface area contributed by atoms with Gasteiger partial charge in [-0.2, -0.15) is 0 Å². The molecule has 0 saturated heterocycles. The summed E-state index contributed by atoms with van der Waals surface area (Å²) < 4.78 is 21.0. The maximum absolute atomic E-state index is 11.2. The first-order valence-electron chi connectivity index (χ1n) is 4.40. The standard InChI is InChI=1S/C10H13ClO3S/c1-7-5-3-4-6-8(7)9(12)10(11)15(2,13)14/h3-6,9-10,12H,1-2H3. The first-order valence-corrected chi connectivity index (χ1v) is 6.79. The van der Waals surface area contributed by atoms with Gasteiger partial charge in [0.1, 0.15) is 6.10 Å². The van der Waals surface area contributed by atoms with Gasteiger partial charge in [0.25, 0.3) is 0 Å². The fourth-order valence-corrected chi connectivity index (χ4v) is 2.04. The lowest BCUT2D eigenvalue weighted by Crippen LogP contribution is -2.22. The van der Waals surface area contributed by atoms with Gasteiger partial charge in [-0.1, -0.05) is 24.3 Å². The number of hydrogen-bond acceptors (Lipinski definition) is 3. The van der Waals surface area contributed by atoms with E-state index in [-0.39, 0.29) is 0 Å². The number of hydrogen-bond donors (Lipinski definition) is 1. The van der Waals surface area contributed by atoms with Gasteiger partial charge >= 0.3 is 0 Å². The Hall–Kier alpha value is -0.580. The third-order valence-corrected chi connectivity index (χ3v) is 4.45. The van der Waals surface area contributed by atoms with Gasteiger partial charge < -0.3 is 5.11 Å². The minimum atomic E-state index is -3.45. The molecule has 0 amide bonds. The Balaban J connectivity index is 3.06. The molecule has 5 heteroatoms. The van der Waals surface area contributed by atoms with Crippen LogP contribution in [0.15, 0.2) is 24.3 Å². The molecule has 0 heterocycles. The summed E-state index contributed by atoms with van der Waals surface area (Å²) in [5, 5.41) is 9.79. The molecule has 0 fully saturated rings. The highest BCUT2D eigenvalue weighted by Crippen LogP contribution is 2.26. The van der Waals surface area contributed by atoms with Crippen molar-refractivity contribution in [2.75, 3.05) is 6.26 Å². The number of sulfone groups is 1. The summed E-state index contributed by atoms with van der Waals surface area (Å²) in [6.07, 6.45) is -0.186. The van der Waals surface area contributed by atoms with Gasteiger partial charge in [0.05, 0.1) is 0 Å². The second-order valence-corrected chi connectivity index (χ2v) is 6.38. The first-order chi connectivity index (χ1) is 6.84. The summed E-state index contributed by atoms with van der Waals surface area (Å²) in [4.78, 5) is 0. The summed E-state index contributed by atoms with van der Waals surface area (Å²) in [6.45, 7) is 1.80. The highest BCUT2D eigenvalue weighted by molar-refractivity contribution is 7.92. The van der Waals surface area contributed by atoms with E-state index < -0.39 is 20.7 Å². The van der Waals surface area contributed by atoms with Crippen LogP contribution < -0.4 is 0 Å². The quantitative estimate of drug-likeness (QED) is 0.828. The van der Waals surface area contributed by atoms with Crippen molar-refractivity contribution in [2.45, 2.75) is 17.7 Å². The molecule has 0 spiro atoms. The van der Waals surface area contributed by atoms with E-state index in [0.717, 1.165) is 11.8 Å². The molecule has 1 rings (SSSR count). The molecule has 1 aromatic rings. The number of aliphatic hydroxyl groups excluding tert-OH is 1. The van der Waals surface area contributed by atoms with Crippen molar-refractivity contribution in [3.05, 3.63) is 35.4 Å². The lowest BCUT2D eigenvalue weighted by Gasteiger charge is -2.17. The summed E-state index contributed by atoms with van der Waals surface area (Å²) in [6, 6.07) is 7.01. The molecule has 3 nitrogen and oxygen atoms in total. The Morgan fingerprint density at radius 1 is 1.33 bits per heavy atom. The smallest absolute Gasteiger partial charge is 0.167 e. The lowest BCUT2D eigenvalue weighted by atomic mass is 10.1. The van der Waals surface area contributed by atoms with Crippen LogP contribution in [0.25, 0.3) is 0 Å². The fraction of sp³-hybridized carbons (Fsp3) is 0.400. The lowest BCUT2D eigenvalue weighted by molar-refractivity contribution is 0.191. The van der Waals surface area contributed by atoms with E-state index in [1.165, 1.54) is 0 Å². The van der Waals surface area contributed by atoms with Crippen molar-refractivity contribution in [2.24, 2.45) is 0 Å². The van der Waals surface area contributed by atoms with Gasteiger partial charge in [-0.25, -0.2) is 8.42 Å². The van der Waals surface area contributed by atoms with Crippen molar-refractivity contribution >= 4 is 21.4 Å². The molecule has 2 atom stereocenters. The molecule has 0 aliphatic heterocycles. The van der Waals surface area contributed by atoms with Gasteiger partial charge in [0.2, 0.25) is 0 Å². The van der Waals surface area contributed by atoms with Crippen LogP contribution in [0.1, 0.15) is 17.2 Å². The number of rotatable bonds is 3. The highest BCUT2D eigenvalue weighted by atomic mass is 35.5. The van der Waals surface area contributed by atoms with Crippen molar-refractivity contribution < 1.29 is 13.5 Å². The third-order valence-electron chi connectivity index (χ3n) is 2.16. The Morgan fingerprint density at radius 3 is 2.33 bits per heavy atom. The van der Waals surface area contributed by atoms with Crippen LogP contribution in [0.3, 0.4) is 0 Å². The van der Waals surface area contributed by atoms with Gasteiger partial charge in [-0.15, -0.1) is 11.6 Å². The number of alkyl halides is 1. The van der Waals surface area contributed by atoms with Crippen LogP contribution >= 0.6 is 11.6 Å². The predicted molar refractivity (Wildman–Crippen MR) is 60.6 cm³/mol. The molecule has 0 radical (unpaired) electrons. The van der Waals surface area contributed by atoms with E-state index in [4.69, 9.17) is 11.6 Å². The van der Waals surface area contributed by atoms with Crippen LogP contribution in [0.5, 0.6) is 0 Å². The Labute approximate surface area is 94.6 Å². The molecule has 0 bridgehead atoms.